The second kappa shape index (κ2) is 4.25. The van der Waals surface area contributed by atoms with Gasteiger partial charge in [0.2, 0.25) is 0 Å². The van der Waals surface area contributed by atoms with Gasteiger partial charge in [-0.15, -0.1) is 0 Å². The van der Waals surface area contributed by atoms with E-state index < -0.39 is 0 Å². The van der Waals surface area contributed by atoms with Crippen molar-refractivity contribution in [2.45, 2.75) is 6.42 Å². The lowest BCUT2D eigenvalue weighted by Gasteiger charge is -2.06. The van der Waals surface area contributed by atoms with Gasteiger partial charge in [0.15, 0.2) is 0 Å². The van der Waals surface area contributed by atoms with Crippen molar-refractivity contribution in [1.82, 2.24) is 9.55 Å². The molecule has 0 spiro atoms. The topological polar surface area (TPSA) is 17.8 Å². The fourth-order valence-electron chi connectivity index (χ4n) is 1.44. The highest BCUT2D eigenvalue weighted by Crippen LogP contribution is 2.26. The van der Waals surface area contributed by atoms with E-state index in [2.05, 4.69) is 4.98 Å². The van der Waals surface area contributed by atoms with Crippen LogP contribution >= 0.6 is 23.2 Å². The van der Waals surface area contributed by atoms with E-state index in [-0.39, 0.29) is 0 Å². The summed E-state index contributed by atoms with van der Waals surface area (Å²) in [5.41, 5.74) is 2.04. The van der Waals surface area contributed by atoms with Crippen LogP contribution in [0.4, 0.5) is 0 Å². The first-order valence-electron chi connectivity index (χ1n) is 4.56. The van der Waals surface area contributed by atoms with E-state index in [1.54, 1.807) is 6.33 Å². The fraction of sp³-hybridized carbons (Fsp3) is 0.182. The SMILES string of the molecule is Cn1cncc1Cc1c(Cl)cccc1Cl. The minimum absolute atomic E-state index is 0.698. The Labute approximate surface area is 98.5 Å². The van der Waals surface area contributed by atoms with Gasteiger partial charge in [-0.1, -0.05) is 29.3 Å². The molecule has 0 unspecified atom stereocenters. The molecule has 2 nitrogen and oxygen atoms in total. The summed E-state index contributed by atoms with van der Waals surface area (Å²) in [6, 6.07) is 5.54. The number of benzene rings is 1. The van der Waals surface area contributed by atoms with E-state index in [9.17, 15) is 0 Å². The van der Waals surface area contributed by atoms with E-state index in [0.29, 0.717) is 16.5 Å². The van der Waals surface area contributed by atoms with Crippen molar-refractivity contribution in [2.24, 2.45) is 7.05 Å². The fourth-order valence-corrected chi connectivity index (χ4v) is 1.97. The molecule has 0 radical (unpaired) electrons. The Bertz CT molecular complexity index is 457. The van der Waals surface area contributed by atoms with Gasteiger partial charge in [-0.25, -0.2) is 4.98 Å². The van der Waals surface area contributed by atoms with E-state index in [4.69, 9.17) is 23.2 Å². The van der Waals surface area contributed by atoms with Crippen LogP contribution < -0.4 is 0 Å². The molecule has 1 aromatic heterocycles. The summed E-state index contributed by atoms with van der Waals surface area (Å²) in [6.07, 6.45) is 4.29. The predicted molar refractivity (Wildman–Crippen MR) is 62.5 cm³/mol. The molecule has 1 aromatic carbocycles. The summed E-state index contributed by atoms with van der Waals surface area (Å²) in [4.78, 5) is 4.05. The number of aromatic nitrogens is 2. The minimum atomic E-state index is 0.698. The molecule has 2 rings (SSSR count). The van der Waals surface area contributed by atoms with Crippen LogP contribution in [-0.4, -0.2) is 9.55 Å². The molecule has 0 amide bonds. The number of imidazole rings is 1. The van der Waals surface area contributed by atoms with Crippen molar-refractivity contribution in [3.05, 3.63) is 52.0 Å². The first-order valence-corrected chi connectivity index (χ1v) is 5.32. The molecular formula is C11H10Cl2N2. The van der Waals surface area contributed by atoms with E-state index in [1.165, 1.54) is 0 Å². The Kier molecular flexibility index (Phi) is 2.98. The Balaban J connectivity index is 2.36. The summed E-state index contributed by atoms with van der Waals surface area (Å²) >= 11 is 12.2. The largest absolute Gasteiger partial charge is 0.337 e. The lowest BCUT2D eigenvalue weighted by molar-refractivity contribution is 0.845. The van der Waals surface area contributed by atoms with Crippen LogP contribution in [-0.2, 0) is 13.5 Å². The van der Waals surface area contributed by atoms with Gasteiger partial charge in [0.1, 0.15) is 0 Å². The lowest BCUT2D eigenvalue weighted by atomic mass is 10.1. The summed E-state index contributed by atoms with van der Waals surface area (Å²) in [6.45, 7) is 0. The molecule has 0 saturated heterocycles. The molecule has 1 heterocycles. The van der Waals surface area contributed by atoms with Crippen molar-refractivity contribution >= 4 is 23.2 Å². The summed E-state index contributed by atoms with van der Waals surface area (Å²) < 4.78 is 1.96. The third-order valence-electron chi connectivity index (χ3n) is 2.34. The molecule has 78 valence electrons. The molecule has 2 aromatic rings. The molecule has 0 N–H and O–H groups in total. The molecule has 0 fully saturated rings. The maximum Gasteiger partial charge on any atom is 0.0945 e. The molecule has 0 saturated carbocycles. The average molecular weight is 241 g/mol. The maximum absolute atomic E-state index is 6.08. The molecular weight excluding hydrogens is 231 g/mol. The number of rotatable bonds is 2. The summed E-state index contributed by atoms with van der Waals surface area (Å²) in [7, 11) is 1.95. The van der Waals surface area contributed by atoms with Crippen molar-refractivity contribution in [3.63, 3.8) is 0 Å². The van der Waals surface area contributed by atoms with E-state index in [0.717, 1.165) is 11.3 Å². The molecule has 0 bridgehead atoms. The smallest absolute Gasteiger partial charge is 0.0945 e. The van der Waals surface area contributed by atoms with Crippen LogP contribution in [0.15, 0.2) is 30.7 Å². The number of hydrogen-bond donors (Lipinski definition) is 0. The minimum Gasteiger partial charge on any atom is -0.337 e. The van der Waals surface area contributed by atoms with Gasteiger partial charge in [-0.05, 0) is 17.7 Å². The molecule has 0 aliphatic rings. The van der Waals surface area contributed by atoms with Crippen LogP contribution in [0.5, 0.6) is 0 Å². The molecule has 0 atom stereocenters. The van der Waals surface area contributed by atoms with Crippen LogP contribution in [0, 0.1) is 0 Å². The van der Waals surface area contributed by atoms with Crippen LogP contribution in [0.1, 0.15) is 11.3 Å². The third-order valence-corrected chi connectivity index (χ3v) is 3.04. The van der Waals surface area contributed by atoms with Gasteiger partial charge in [0.25, 0.3) is 0 Å². The first kappa shape index (κ1) is 10.5. The Morgan fingerprint density at radius 3 is 2.47 bits per heavy atom. The monoisotopic (exact) mass is 240 g/mol. The van der Waals surface area contributed by atoms with Crippen LogP contribution in [0.2, 0.25) is 10.0 Å². The molecule has 15 heavy (non-hydrogen) atoms. The standard InChI is InChI=1S/C11H10Cl2N2/c1-15-7-14-6-8(15)5-9-10(12)3-2-4-11(9)13/h2-4,6-7H,5H2,1H3. The van der Waals surface area contributed by atoms with Gasteiger partial charge >= 0.3 is 0 Å². The van der Waals surface area contributed by atoms with E-state index >= 15 is 0 Å². The Morgan fingerprint density at radius 2 is 1.93 bits per heavy atom. The zero-order chi connectivity index (χ0) is 10.8. The second-order valence-electron chi connectivity index (χ2n) is 3.37. The molecule has 4 heteroatoms. The number of halogens is 2. The van der Waals surface area contributed by atoms with Crippen LogP contribution in [0.25, 0.3) is 0 Å². The highest BCUT2D eigenvalue weighted by atomic mass is 35.5. The normalized spacial score (nSPS) is 10.6. The zero-order valence-corrected chi connectivity index (χ0v) is 9.76. The number of hydrogen-bond acceptors (Lipinski definition) is 1. The van der Waals surface area contributed by atoms with E-state index in [1.807, 2.05) is 36.0 Å². The van der Waals surface area contributed by atoms with Crippen molar-refractivity contribution in [2.75, 3.05) is 0 Å². The highest BCUT2D eigenvalue weighted by Gasteiger charge is 2.08. The number of nitrogens with zero attached hydrogens (tertiary/aromatic N) is 2. The summed E-state index contributed by atoms with van der Waals surface area (Å²) in [5.74, 6) is 0. The van der Waals surface area contributed by atoms with Gasteiger partial charge in [0, 0.05) is 35.4 Å². The first-order chi connectivity index (χ1) is 7.18. The average Bonchev–Trinajstić information content (AvgIpc) is 2.58. The zero-order valence-electron chi connectivity index (χ0n) is 8.24. The van der Waals surface area contributed by atoms with Crippen LogP contribution in [0.3, 0.4) is 0 Å². The van der Waals surface area contributed by atoms with Crippen molar-refractivity contribution in [1.29, 1.82) is 0 Å². The Morgan fingerprint density at radius 1 is 1.27 bits per heavy atom. The van der Waals surface area contributed by atoms with Gasteiger partial charge < -0.3 is 4.57 Å². The molecule has 0 aliphatic carbocycles. The third kappa shape index (κ3) is 2.16. The number of aryl methyl sites for hydroxylation is 1. The highest BCUT2D eigenvalue weighted by molar-refractivity contribution is 6.36. The lowest BCUT2D eigenvalue weighted by Crippen LogP contribution is -1.97. The van der Waals surface area contributed by atoms with Gasteiger partial charge in [-0.3, -0.25) is 0 Å². The maximum atomic E-state index is 6.08. The van der Waals surface area contributed by atoms with Gasteiger partial charge in [-0.2, -0.15) is 0 Å². The Hall–Kier alpha value is -0.990. The summed E-state index contributed by atoms with van der Waals surface area (Å²) in [5, 5.41) is 1.40. The van der Waals surface area contributed by atoms with Gasteiger partial charge in [0.05, 0.1) is 6.33 Å². The quantitative estimate of drug-likeness (QED) is 0.788. The van der Waals surface area contributed by atoms with Crippen molar-refractivity contribution in [3.8, 4) is 0 Å². The second-order valence-corrected chi connectivity index (χ2v) is 4.19. The predicted octanol–water partition coefficient (Wildman–Crippen LogP) is 3.32. The molecule has 0 aliphatic heterocycles. The van der Waals surface area contributed by atoms with Crippen molar-refractivity contribution < 1.29 is 0 Å².